The Morgan fingerprint density at radius 1 is 1.24 bits per heavy atom. The van der Waals surface area contributed by atoms with Gasteiger partial charge in [0, 0.05) is 18.3 Å². The number of aromatic amines is 1. The predicted octanol–water partition coefficient (Wildman–Crippen LogP) is 2.63. The van der Waals surface area contributed by atoms with Crippen LogP contribution < -0.4 is 4.72 Å². The lowest BCUT2D eigenvalue weighted by Crippen LogP contribution is -2.17. The summed E-state index contributed by atoms with van der Waals surface area (Å²) in [5.41, 5.74) is 4.80. The molecule has 0 saturated carbocycles. The average Bonchev–Trinajstić information content (AvgIpc) is 2.96. The maximum atomic E-state index is 11.9. The van der Waals surface area contributed by atoms with Crippen LogP contribution in [0.2, 0.25) is 0 Å². The molecule has 0 bridgehead atoms. The first-order valence-electron chi connectivity index (χ1n) is 7.06. The molecule has 0 atom stereocenters. The van der Waals surface area contributed by atoms with Gasteiger partial charge in [0.2, 0.25) is 10.0 Å². The highest BCUT2D eigenvalue weighted by Crippen LogP contribution is 2.27. The Kier molecular flexibility index (Phi) is 4.67. The Hall–Kier alpha value is -1.82. The van der Waals surface area contributed by atoms with Crippen LogP contribution in [0.3, 0.4) is 0 Å². The zero-order valence-electron chi connectivity index (χ0n) is 12.6. The van der Waals surface area contributed by atoms with Gasteiger partial charge in [-0.25, -0.2) is 13.4 Å². The van der Waals surface area contributed by atoms with E-state index in [1.165, 1.54) is 0 Å². The van der Waals surface area contributed by atoms with Crippen molar-refractivity contribution in [3.8, 4) is 0 Å². The molecule has 2 rings (SSSR count). The van der Waals surface area contributed by atoms with Crippen LogP contribution >= 0.6 is 0 Å². The van der Waals surface area contributed by atoms with E-state index in [-0.39, 0.29) is 5.75 Å². The molecular formula is C15H21N3O2S. The number of imidazole rings is 1. The van der Waals surface area contributed by atoms with Crippen LogP contribution in [0.15, 0.2) is 24.7 Å². The highest BCUT2D eigenvalue weighted by molar-refractivity contribution is 7.92. The van der Waals surface area contributed by atoms with Gasteiger partial charge in [-0.2, -0.15) is 0 Å². The van der Waals surface area contributed by atoms with Crippen LogP contribution in [-0.4, -0.2) is 24.1 Å². The fourth-order valence-electron chi connectivity index (χ4n) is 2.25. The van der Waals surface area contributed by atoms with Gasteiger partial charge in [-0.05, 0) is 37.0 Å². The first-order valence-corrected chi connectivity index (χ1v) is 8.71. The summed E-state index contributed by atoms with van der Waals surface area (Å²) in [6, 6.07) is 4.05. The molecule has 0 spiro atoms. The van der Waals surface area contributed by atoms with Crippen molar-refractivity contribution in [3.63, 3.8) is 0 Å². The van der Waals surface area contributed by atoms with Gasteiger partial charge < -0.3 is 4.98 Å². The van der Waals surface area contributed by atoms with Crippen LogP contribution in [0.4, 0.5) is 5.69 Å². The van der Waals surface area contributed by atoms with Crippen molar-refractivity contribution in [2.75, 3.05) is 10.5 Å². The van der Waals surface area contributed by atoms with E-state index in [0.29, 0.717) is 6.42 Å². The Balaban J connectivity index is 2.41. The van der Waals surface area contributed by atoms with E-state index >= 15 is 0 Å². The lowest BCUT2D eigenvalue weighted by atomic mass is 9.98. The molecule has 114 valence electrons. The summed E-state index contributed by atoms with van der Waals surface area (Å²) in [4.78, 5) is 7.08. The second kappa shape index (κ2) is 6.30. The Morgan fingerprint density at radius 2 is 1.95 bits per heavy atom. The Bertz CT molecular complexity index is 707. The quantitative estimate of drug-likeness (QED) is 0.861. The van der Waals surface area contributed by atoms with Gasteiger partial charge in [-0.15, -0.1) is 0 Å². The van der Waals surface area contributed by atoms with Crippen molar-refractivity contribution in [3.05, 3.63) is 47.0 Å². The second-order valence-corrected chi connectivity index (χ2v) is 7.01. The molecule has 5 nitrogen and oxygen atoms in total. The highest BCUT2D eigenvalue weighted by atomic mass is 32.2. The van der Waals surface area contributed by atoms with E-state index in [0.717, 1.165) is 34.5 Å². The summed E-state index contributed by atoms with van der Waals surface area (Å²) in [7, 11) is -3.28. The molecule has 0 saturated heterocycles. The number of nitrogens with zero attached hydrogens (tertiary/aromatic N) is 1. The average molecular weight is 307 g/mol. The molecule has 6 heteroatoms. The number of hydrogen-bond donors (Lipinski definition) is 2. The van der Waals surface area contributed by atoms with Crippen molar-refractivity contribution in [2.45, 2.75) is 33.6 Å². The number of H-pyrrole nitrogens is 1. The van der Waals surface area contributed by atoms with Crippen molar-refractivity contribution < 1.29 is 8.42 Å². The minimum atomic E-state index is -3.28. The fraction of sp³-hybridized carbons (Fsp3) is 0.400. The standard InChI is InChI=1S/C15H21N3O2S/c1-4-12-6-7-13(8-14-9-16-10-17-14)11(3)15(12)18-21(19,20)5-2/h6-7,9-10,18H,4-5,8H2,1-3H3,(H,16,17). The first kappa shape index (κ1) is 15.6. The molecule has 1 aromatic carbocycles. The Labute approximate surface area is 125 Å². The number of aromatic nitrogens is 2. The number of rotatable bonds is 6. The van der Waals surface area contributed by atoms with Gasteiger partial charge in [-0.1, -0.05) is 19.1 Å². The molecule has 0 amide bonds. The van der Waals surface area contributed by atoms with E-state index in [1.807, 2.05) is 19.9 Å². The van der Waals surface area contributed by atoms with Crippen LogP contribution in [-0.2, 0) is 22.9 Å². The van der Waals surface area contributed by atoms with Gasteiger partial charge in [0.05, 0.1) is 17.8 Å². The zero-order valence-corrected chi connectivity index (χ0v) is 13.4. The summed E-state index contributed by atoms with van der Waals surface area (Å²) in [6.07, 6.45) is 4.91. The first-order chi connectivity index (χ1) is 9.96. The number of benzene rings is 1. The molecule has 1 aromatic heterocycles. The van der Waals surface area contributed by atoms with E-state index < -0.39 is 10.0 Å². The maximum absolute atomic E-state index is 11.9. The van der Waals surface area contributed by atoms with Crippen molar-refractivity contribution in [2.24, 2.45) is 0 Å². The van der Waals surface area contributed by atoms with Gasteiger partial charge in [-0.3, -0.25) is 4.72 Å². The minimum absolute atomic E-state index is 0.0698. The normalized spacial score (nSPS) is 11.6. The molecule has 0 unspecified atom stereocenters. The summed E-state index contributed by atoms with van der Waals surface area (Å²) in [5, 5.41) is 0. The lowest BCUT2D eigenvalue weighted by Gasteiger charge is -2.17. The third-order valence-corrected chi connectivity index (χ3v) is 4.89. The third kappa shape index (κ3) is 3.64. The smallest absolute Gasteiger partial charge is 0.232 e. The largest absolute Gasteiger partial charge is 0.348 e. The Morgan fingerprint density at radius 3 is 2.52 bits per heavy atom. The molecule has 0 aliphatic heterocycles. The molecule has 0 aliphatic carbocycles. The molecule has 2 aromatic rings. The van der Waals surface area contributed by atoms with Gasteiger partial charge >= 0.3 is 0 Å². The topological polar surface area (TPSA) is 74.8 Å². The summed E-state index contributed by atoms with van der Waals surface area (Å²) >= 11 is 0. The molecule has 2 N–H and O–H groups in total. The predicted molar refractivity (Wildman–Crippen MR) is 85.0 cm³/mol. The minimum Gasteiger partial charge on any atom is -0.348 e. The monoisotopic (exact) mass is 307 g/mol. The number of hydrogen-bond acceptors (Lipinski definition) is 3. The zero-order chi connectivity index (χ0) is 15.5. The fourth-order valence-corrected chi connectivity index (χ4v) is 2.99. The van der Waals surface area contributed by atoms with Crippen molar-refractivity contribution in [1.82, 2.24) is 9.97 Å². The third-order valence-electron chi connectivity index (χ3n) is 3.62. The summed E-state index contributed by atoms with van der Waals surface area (Å²) in [5.74, 6) is 0.0698. The highest BCUT2D eigenvalue weighted by Gasteiger charge is 2.15. The number of nitrogens with one attached hydrogen (secondary N) is 2. The van der Waals surface area contributed by atoms with Crippen molar-refractivity contribution in [1.29, 1.82) is 0 Å². The van der Waals surface area contributed by atoms with Gasteiger partial charge in [0.1, 0.15) is 0 Å². The molecule has 0 aliphatic rings. The number of sulfonamides is 1. The number of aryl methyl sites for hydroxylation is 1. The van der Waals surface area contributed by atoms with Gasteiger partial charge in [0.15, 0.2) is 0 Å². The molecule has 0 radical (unpaired) electrons. The van der Waals surface area contributed by atoms with Crippen LogP contribution in [0.25, 0.3) is 0 Å². The van der Waals surface area contributed by atoms with Crippen molar-refractivity contribution >= 4 is 15.7 Å². The summed E-state index contributed by atoms with van der Waals surface area (Å²) < 4.78 is 26.5. The summed E-state index contributed by atoms with van der Waals surface area (Å²) in [6.45, 7) is 5.61. The van der Waals surface area contributed by atoms with Crippen LogP contribution in [0, 0.1) is 6.92 Å². The lowest BCUT2D eigenvalue weighted by molar-refractivity contribution is 0.602. The van der Waals surface area contributed by atoms with E-state index in [2.05, 4.69) is 20.8 Å². The second-order valence-electron chi connectivity index (χ2n) is 5.00. The van der Waals surface area contributed by atoms with E-state index in [4.69, 9.17) is 0 Å². The van der Waals surface area contributed by atoms with Crippen LogP contribution in [0.1, 0.15) is 36.2 Å². The van der Waals surface area contributed by atoms with Gasteiger partial charge in [0.25, 0.3) is 0 Å². The van der Waals surface area contributed by atoms with E-state index in [1.54, 1.807) is 19.4 Å². The maximum Gasteiger partial charge on any atom is 0.232 e. The number of anilines is 1. The van der Waals surface area contributed by atoms with E-state index in [9.17, 15) is 8.42 Å². The molecule has 1 heterocycles. The molecule has 0 fully saturated rings. The van der Waals surface area contributed by atoms with Crippen LogP contribution in [0.5, 0.6) is 0 Å². The molecular weight excluding hydrogens is 286 g/mol. The molecule has 21 heavy (non-hydrogen) atoms. The SMILES string of the molecule is CCc1ccc(Cc2cnc[nH]2)c(C)c1NS(=O)(=O)CC.